The monoisotopic (exact) mass is 985 g/mol. The van der Waals surface area contributed by atoms with Crippen LogP contribution in [0.25, 0.3) is 0 Å². The molecule has 1 aliphatic heterocycles. The number of halogens is 1. The van der Waals surface area contributed by atoms with E-state index in [9.17, 15) is 53.4 Å². The third-order valence-corrected chi connectivity index (χ3v) is 11.0. The van der Waals surface area contributed by atoms with Crippen molar-refractivity contribution < 1.29 is 72.7 Å². The smallest absolute Gasteiger partial charge is 0.326 e. The van der Waals surface area contributed by atoms with Crippen molar-refractivity contribution in [2.75, 3.05) is 85.5 Å². The molecule has 0 bridgehead atoms. The fraction of sp³-hybridized carbons (Fsp3) is 0.643. The average molecular weight is 987 g/mol. The summed E-state index contributed by atoms with van der Waals surface area (Å²) in [6.45, 7) is 5.13. The summed E-state index contributed by atoms with van der Waals surface area (Å²) in [6, 6.07) is 5.16. The summed E-state index contributed by atoms with van der Waals surface area (Å²) in [6.07, 6.45) is 2.43. The van der Waals surface area contributed by atoms with Crippen LogP contribution in [0.2, 0.25) is 0 Å². The first-order valence-corrected chi connectivity index (χ1v) is 22.4. The van der Waals surface area contributed by atoms with Gasteiger partial charge in [-0.2, -0.15) is 0 Å². The Kier molecular flexibility index (Phi) is 28.6. The number of urea groups is 1. The first kappa shape index (κ1) is 55.9. The SMILES string of the molecule is O=COCN1CCN(COC=O)CCN(CC(=O)CCCCCCC(=O)N(CCCCC(NC(=O)NC(CCC(=O)O)C(=O)O)OC=O)Cc2ccc(Br)cc2)CCN(CC(=O)O)CC1. The molecule has 364 valence electrons. The van der Waals surface area contributed by atoms with E-state index < -0.39 is 42.6 Å². The number of nitrogens with zero attached hydrogens (tertiary/aromatic N) is 5. The second-order valence-corrected chi connectivity index (χ2v) is 16.4. The van der Waals surface area contributed by atoms with Crippen molar-refractivity contribution >= 4 is 71.0 Å². The lowest BCUT2D eigenvalue weighted by Crippen LogP contribution is -2.49. The van der Waals surface area contributed by atoms with Gasteiger partial charge in [0.15, 0.2) is 6.23 Å². The van der Waals surface area contributed by atoms with Crippen molar-refractivity contribution in [3.8, 4) is 0 Å². The molecule has 23 heteroatoms. The molecular weight excluding hydrogens is 922 g/mol. The highest BCUT2D eigenvalue weighted by atomic mass is 79.9. The van der Waals surface area contributed by atoms with Gasteiger partial charge < -0.3 is 45.1 Å². The highest BCUT2D eigenvalue weighted by molar-refractivity contribution is 9.10. The largest absolute Gasteiger partial charge is 0.481 e. The number of hydrogen-bond acceptors (Lipinski definition) is 16. The van der Waals surface area contributed by atoms with Gasteiger partial charge in [-0.1, -0.05) is 40.9 Å². The van der Waals surface area contributed by atoms with Crippen molar-refractivity contribution in [3.63, 3.8) is 0 Å². The van der Waals surface area contributed by atoms with E-state index in [0.717, 1.165) is 22.9 Å². The number of ketones is 1. The number of hydrogen-bond donors (Lipinski definition) is 5. The molecule has 65 heavy (non-hydrogen) atoms. The van der Waals surface area contributed by atoms with Crippen molar-refractivity contribution in [1.82, 2.24) is 35.1 Å². The minimum atomic E-state index is -1.47. The van der Waals surface area contributed by atoms with Crippen LogP contribution in [0.3, 0.4) is 0 Å². The van der Waals surface area contributed by atoms with Crippen LogP contribution in [0.4, 0.5) is 4.79 Å². The lowest BCUT2D eigenvalue weighted by atomic mass is 10.1. The molecule has 1 saturated heterocycles. The van der Waals surface area contributed by atoms with Gasteiger partial charge >= 0.3 is 23.9 Å². The molecule has 5 N–H and O–H groups in total. The van der Waals surface area contributed by atoms with E-state index in [4.69, 9.17) is 19.3 Å². The Morgan fingerprint density at radius 3 is 1.72 bits per heavy atom. The average Bonchev–Trinajstić information content (AvgIpc) is 3.26. The minimum absolute atomic E-state index is 0.0308. The fourth-order valence-electron chi connectivity index (χ4n) is 6.90. The molecule has 2 unspecified atom stereocenters. The third-order valence-electron chi connectivity index (χ3n) is 10.5. The first-order valence-electron chi connectivity index (χ1n) is 21.6. The molecular formula is C42H64BrN7O15. The van der Waals surface area contributed by atoms with Crippen LogP contribution in [-0.4, -0.2) is 193 Å². The van der Waals surface area contributed by atoms with E-state index in [1.807, 2.05) is 39.0 Å². The summed E-state index contributed by atoms with van der Waals surface area (Å²) in [5, 5.41) is 32.3. The maximum absolute atomic E-state index is 13.5. The highest BCUT2D eigenvalue weighted by Gasteiger charge is 2.24. The lowest BCUT2D eigenvalue weighted by molar-refractivity contribution is -0.141. The number of carboxylic acids is 3. The predicted octanol–water partition coefficient (Wildman–Crippen LogP) is 1.54. The number of rotatable bonds is 32. The molecule has 1 aromatic carbocycles. The number of nitrogens with one attached hydrogen (secondary N) is 2. The topological polar surface area (TPSA) is 282 Å². The second kappa shape index (κ2) is 33.3. The van der Waals surface area contributed by atoms with Gasteiger partial charge in [-0.05, 0) is 49.8 Å². The molecule has 1 fully saturated rings. The van der Waals surface area contributed by atoms with Crippen molar-refractivity contribution in [1.29, 1.82) is 0 Å². The van der Waals surface area contributed by atoms with Crippen LogP contribution < -0.4 is 10.6 Å². The first-order chi connectivity index (χ1) is 31.2. The van der Waals surface area contributed by atoms with Crippen LogP contribution in [-0.2, 0) is 59.1 Å². The van der Waals surface area contributed by atoms with Crippen molar-refractivity contribution in [3.05, 3.63) is 34.3 Å². The molecule has 1 aliphatic rings. The second-order valence-electron chi connectivity index (χ2n) is 15.5. The van der Waals surface area contributed by atoms with Crippen LogP contribution in [0.1, 0.15) is 76.2 Å². The Morgan fingerprint density at radius 1 is 0.646 bits per heavy atom. The maximum atomic E-state index is 13.5. The van der Waals surface area contributed by atoms with E-state index in [-0.39, 0.29) is 64.0 Å². The molecule has 1 heterocycles. The van der Waals surface area contributed by atoms with Crippen LogP contribution >= 0.6 is 15.9 Å². The Balaban J connectivity index is 1.91. The number of aliphatic carboxylic acids is 3. The van der Waals surface area contributed by atoms with Crippen molar-refractivity contribution in [2.45, 2.75) is 89.4 Å². The normalized spacial score (nSPS) is 15.5. The van der Waals surface area contributed by atoms with Gasteiger partial charge in [0.25, 0.3) is 19.4 Å². The van der Waals surface area contributed by atoms with Crippen LogP contribution in [0.15, 0.2) is 28.7 Å². The molecule has 1 aromatic rings. The Hall–Kier alpha value is -5.23. The van der Waals surface area contributed by atoms with Gasteiger partial charge in [-0.3, -0.25) is 53.2 Å². The molecule has 0 aliphatic carbocycles. The van der Waals surface area contributed by atoms with Gasteiger partial charge in [0, 0.05) is 95.6 Å². The van der Waals surface area contributed by atoms with E-state index in [0.29, 0.717) is 110 Å². The third kappa shape index (κ3) is 26.4. The zero-order valence-corrected chi connectivity index (χ0v) is 38.3. The number of carbonyl (C=O) groups excluding carboxylic acids is 6. The van der Waals surface area contributed by atoms with Crippen molar-refractivity contribution in [2.24, 2.45) is 0 Å². The molecule has 0 radical (unpaired) electrons. The van der Waals surface area contributed by atoms with E-state index in [1.165, 1.54) is 0 Å². The summed E-state index contributed by atoms with van der Waals surface area (Å²) >= 11 is 3.42. The van der Waals surface area contributed by atoms with Gasteiger partial charge in [0.05, 0.1) is 13.1 Å². The number of amides is 3. The Labute approximate surface area is 387 Å². The van der Waals surface area contributed by atoms with Crippen LogP contribution in [0, 0.1) is 0 Å². The number of carboxylic acid groups (broad SMARTS) is 3. The lowest BCUT2D eigenvalue weighted by Gasteiger charge is -2.33. The standard InChI is InChI=1S/C42H64BrN7O15/c43-34-12-10-33(11-13-34)25-50(16-6-5-8-37(65-32-53)45-42(62)44-36(41(60)61)14-15-39(56)57)38(55)9-4-2-1-3-7-35(54)26-46-17-18-47(27-40(58)59)20-22-49(29-64-31-52)24-23-48(21-19-46)28-63-30-51/h10-13,30-32,36-37H,1-9,14-29H2,(H,56,57)(H,58,59)(H,60,61)(H2,44,45,62). The molecule has 2 atom stereocenters. The molecule has 0 spiro atoms. The summed E-state index contributed by atoms with van der Waals surface area (Å²) < 4.78 is 15.8. The molecule has 0 saturated carbocycles. The summed E-state index contributed by atoms with van der Waals surface area (Å²) in [7, 11) is 0. The van der Waals surface area contributed by atoms with E-state index >= 15 is 0 Å². The Morgan fingerprint density at radius 2 is 1.20 bits per heavy atom. The molecule has 0 aromatic heterocycles. The molecule has 22 nitrogen and oxygen atoms in total. The van der Waals surface area contributed by atoms with Crippen LogP contribution in [0.5, 0.6) is 0 Å². The quantitative estimate of drug-likeness (QED) is 0.0296. The highest BCUT2D eigenvalue weighted by Crippen LogP contribution is 2.16. The number of carbonyl (C=O) groups is 9. The number of Topliss-reactive ketones (excluding diaryl/α,β-unsaturated/α-hetero) is 1. The predicted molar refractivity (Wildman–Crippen MR) is 235 cm³/mol. The van der Waals surface area contributed by atoms with E-state index in [1.54, 1.807) is 9.80 Å². The number of ether oxygens (including phenoxy) is 3. The summed E-state index contributed by atoms with van der Waals surface area (Å²) in [5.74, 6) is -3.65. The minimum Gasteiger partial charge on any atom is -0.481 e. The van der Waals surface area contributed by atoms with Gasteiger partial charge in [-0.25, -0.2) is 9.59 Å². The number of unbranched alkanes of at least 4 members (excludes halogenated alkanes) is 4. The maximum Gasteiger partial charge on any atom is 0.326 e. The summed E-state index contributed by atoms with van der Waals surface area (Å²) in [5.41, 5.74) is 0.915. The van der Waals surface area contributed by atoms with Gasteiger partial charge in [0.1, 0.15) is 25.3 Å². The fourth-order valence-corrected chi connectivity index (χ4v) is 7.17. The summed E-state index contributed by atoms with van der Waals surface area (Å²) in [4.78, 5) is 115. The van der Waals surface area contributed by atoms with Gasteiger partial charge in [-0.15, -0.1) is 0 Å². The van der Waals surface area contributed by atoms with Gasteiger partial charge in [0.2, 0.25) is 5.91 Å². The number of benzene rings is 1. The molecule has 3 amide bonds. The zero-order chi connectivity index (χ0) is 47.8. The van der Waals surface area contributed by atoms with E-state index in [2.05, 4.69) is 26.6 Å². The Bertz CT molecular complexity index is 1640. The molecule has 2 rings (SSSR count). The zero-order valence-electron chi connectivity index (χ0n) is 36.7.